The SMILES string of the molecule is CCN(CC)CCCN[C@@H](C)C(=O)Nc1cc(C)on1. The maximum absolute atomic E-state index is 11.9. The predicted octanol–water partition coefficient (Wildman–Crippen LogP) is 1.63. The number of carbonyl (C=O) groups is 1. The molecule has 0 unspecified atom stereocenters. The normalized spacial score (nSPS) is 12.7. The van der Waals surface area contributed by atoms with Crippen LogP contribution in [0.2, 0.25) is 0 Å². The van der Waals surface area contributed by atoms with Crippen LogP contribution in [0.15, 0.2) is 10.6 Å². The number of hydrogen-bond acceptors (Lipinski definition) is 5. The fourth-order valence-corrected chi connectivity index (χ4v) is 1.91. The van der Waals surface area contributed by atoms with Crippen LogP contribution in [-0.2, 0) is 4.79 Å². The summed E-state index contributed by atoms with van der Waals surface area (Å²) in [6.07, 6.45) is 1.03. The van der Waals surface area contributed by atoms with Gasteiger partial charge in [-0.2, -0.15) is 0 Å². The van der Waals surface area contributed by atoms with E-state index in [2.05, 4.69) is 34.5 Å². The summed E-state index contributed by atoms with van der Waals surface area (Å²) in [5.41, 5.74) is 0. The Balaban J connectivity index is 2.21. The van der Waals surface area contributed by atoms with Gasteiger partial charge in [0.2, 0.25) is 5.91 Å². The van der Waals surface area contributed by atoms with Crippen molar-refractivity contribution in [3.8, 4) is 0 Å². The number of aryl methyl sites for hydroxylation is 1. The summed E-state index contributed by atoms with van der Waals surface area (Å²) in [7, 11) is 0. The molecule has 0 aliphatic heterocycles. The quantitative estimate of drug-likeness (QED) is 0.674. The van der Waals surface area contributed by atoms with Gasteiger partial charge in [0.1, 0.15) is 5.76 Å². The molecule has 1 atom stereocenters. The summed E-state index contributed by atoms with van der Waals surface area (Å²) < 4.78 is 4.90. The van der Waals surface area contributed by atoms with Crippen molar-refractivity contribution in [2.75, 3.05) is 31.5 Å². The maximum atomic E-state index is 11.9. The molecule has 0 aliphatic rings. The number of rotatable bonds is 9. The first kappa shape index (κ1) is 16.7. The van der Waals surface area contributed by atoms with Gasteiger partial charge in [0.05, 0.1) is 6.04 Å². The van der Waals surface area contributed by atoms with Gasteiger partial charge in [-0.25, -0.2) is 0 Å². The summed E-state index contributed by atoms with van der Waals surface area (Å²) in [6.45, 7) is 12.0. The molecule has 1 rings (SSSR count). The van der Waals surface area contributed by atoms with Gasteiger partial charge in [-0.3, -0.25) is 4.79 Å². The van der Waals surface area contributed by atoms with E-state index in [4.69, 9.17) is 4.52 Å². The monoisotopic (exact) mass is 282 g/mol. The Labute approximate surface area is 120 Å². The molecule has 0 aliphatic carbocycles. The van der Waals surface area contributed by atoms with Crippen LogP contribution >= 0.6 is 0 Å². The van der Waals surface area contributed by atoms with E-state index in [1.54, 1.807) is 13.0 Å². The minimum Gasteiger partial charge on any atom is -0.360 e. The van der Waals surface area contributed by atoms with E-state index in [9.17, 15) is 4.79 Å². The standard InChI is InChI=1S/C14H26N4O2/c1-5-18(6-2)9-7-8-15-12(4)14(19)16-13-10-11(3)20-17-13/h10,12,15H,5-9H2,1-4H3,(H,16,17,19)/t12-/m0/s1. The molecule has 6 heteroatoms. The van der Waals surface area contributed by atoms with Crippen LogP contribution in [0.25, 0.3) is 0 Å². The van der Waals surface area contributed by atoms with E-state index < -0.39 is 0 Å². The van der Waals surface area contributed by atoms with Gasteiger partial charge >= 0.3 is 0 Å². The summed E-state index contributed by atoms with van der Waals surface area (Å²) in [4.78, 5) is 14.3. The predicted molar refractivity (Wildman–Crippen MR) is 79.7 cm³/mol. The molecular weight excluding hydrogens is 256 g/mol. The van der Waals surface area contributed by atoms with Gasteiger partial charge < -0.3 is 20.1 Å². The Kier molecular flexibility index (Phi) is 7.25. The fourth-order valence-electron chi connectivity index (χ4n) is 1.91. The molecule has 2 N–H and O–H groups in total. The van der Waals surface area contributed by atoms with Gasteiger partial charge in [-0.1, -0.05) is 19.0 Å². The van der Waals surface area contributed by atoms with Gasteiger partial charge in [0.15, 0.2) is 5.82 Å². The second-order valence-electron chi connectivity index (χ2n) is 4.87. The summed E-state index contributed by atoms with van der Waals surface area (Å²) in [6, 6.07) is 1.45. The van der Waals surface area contributed by atoms with E-state index in [1.807, 2.05) is 6.92 Å². The van der Waals surface area contributed by atoms with Crippen molar-refractivity contribution >= 4 is 11.7 Å². The average Bonchev–Trinajstić information content (AvgIpc) is 2.84. The highest BCUT2D eigenvalue weighted by Crippen LogP contribution is 2.07. The second-order valence-corrected chi connectivity index (χ2v) is 4.87. The van der Waals surface area contributed by atoms with Crippen LogP contribution in [0.3, 0.4) is 0 Å². The number of amides is 1. The Hall–Kier alpha value is -1.40. The lowest BCUT2D eigenvalue weighted by molar-refractivity contribution is -0.117. The van der Waals surface area contributed by atoms with Crippen LogP contribution in [-0.4, -0.2) is 48.2 Å². The third-order valence-electron chi connectivity index (χ3n) is 3.27. The number of hydrogen-bond donors (Lipinski definition) is 2. The Morgan fingerprint density at radius 1 is 1.45 bits per heavy atom. The largest absolute Gasteiger partial charge is 0.360 e. The van der Waals surface area contributed by atoms with E-state index in [0.717, 1.165) is 32.6 Å². The topological polar surface area (TPSA) is 70.4 Å². The fraction of sp³-hybridized carbons (Fsp3) is 0.714. The molecule has 0 spiro atoms. The van der Waals surface area contributed by atoms with Gasteiger partial charge in [-0.05, 0) is 46.4 Å². The van der Waals surface area contributed by atoms with E-state index in [1.165, 1.54) is 0 Å². The van der Waals surface area contributed by atoms with Crippen LogP contribution < -0.4 is 10.6 Å². The molecule has 0 fully saturated rings. The molecule has 0 saturated carbocycles. The van der Waals surface area contributed by atoms with E-state index in [0.29, 0.717) is 11.6 Å². The molecule has 1 aromatic rings. The molecule has 1 amide bonds. The number of carbonyl (C=O) groups excluding carboxylic acids is 1. The average molecular weight is 282 g/mol. The van der Waals surface area contributed by atoms with Crippen molar-refractivity contribution < 1.29 is 9.32 Å². The minimum absolute atomic E-state index is 0.0962. The summed E-state index contributed by atoms with van der Waals surface area (Å²) in [5, 5.41) is 9.67. The van der Waals surface area contributed by atoms with Crippen molar-refractivity contribution in [1.82, 2.24) is 15.4 Å². The molecule has 1 heterocycles. The first-order valence-electron chi connectivity index (χ1n) is 7.26. The zero-order valence-electron chi connectivity index (χ0n) is 12.9. The number of anilines is 1. The third kappa shape index (κ3) is 5.71. The lowest BCUT2D eigenvalue weighted by Crippen LogP contribution is -2.39. The molecule has 0 aromatic carbocycles. The highest BCUT2D eigenvalue weighted by Gasteiger charge is 2.13. The zero-order chi connectivity index (χ0) is 15.0. The first-order chi connectivity index (χ1) is 9.56. The molecule has 6 nitrogen and oxygen atoms in total. The molecular formula is C14H26N4O2. The first-order valence-corrected chi connectivity index (χ1v) is 7.26. The maximum Gasteiger partial charge on any atom is 0.242 e. The third-order valence-corrected chi connectivity index (χ3v) is 3.27. The number of nitrogens with zero attached hydrogens (tertiary/aromatic N) is 2. The van der Waals surface area contributed by atoms with Crippen LogP contribution in [0.1, 0.15) is 33.0 Å². The van der Waals surface area contributed by atoms with Gasteiger partial charge in [0.25, 0.3) is 0 Å². The van der Waals surface area contributed by atoms with Crippen LogP contribution in [0.4, 0.5) is 5.82 Å². The second kappa shape index (κ2) is 8.71. The van der Waals surface area contributed by atoms with Crippen molar-refractivity contribution in [1.29, 1.82) is 0 Å². The van der Waals surface area contributed by atoms with E-state index >= 15 is 0 Å². The molecule has 0 saturated heterocycles. The molecule has 114 valence electrons. The molecule has 20 heavy (non-hydrogen) atoms. The Morgan fingerprint density at radius 2 is 2.15 bits per heavy atom. The molecule has 0 radical (unpaired) electrons. The zero-order valence-corrected chi connectivity index (χ0v) is 12.9. The minimum atomic E-state index is -0.247. The smallest absolute Gasteiger partial charge is 0.242 e. The highest BCUT2D eigenvalue weighted by atomic mass is 16.5. The number of nitrogens with one attached hydrogen (secondary N) is 2. The summed E-state index contributed by atoms with van der Waals surface area (Å²) in [5.74, 6) is 1.05. The summed E-state index contributed by atoms with van der Waals surface area (Å²) >= 11 is 0. The van der Waals surface area contributed by atoms with Crippen molar-refractivity contribution in [2.45, 2.75) is 40.2 Å². The van der Waals surface area contributed by atoms with Gasteiger partial charge in [-0.15, -0.1) is 0 Å². The number of aromatic nitrogens is 1. The van der Waals surface area contributed by atoms with E-state index in [-0.39, 0.29) is 11.9 Å². The lowest BCUT2D eigenvalue weighted by atomic mass is 10.3. The van der Waals surface area contributed by atoms with Crippen molar-refractivity contribution in [2.24, 2.45) is 0 Å². The lowest BCUT2D eigenvalue weighted by Gasteiger charge is -2.18. The Morgan fingerprint density at radius 3 is 2.70 bits per heavy atom. The van der Waals surface area contributed by atoms with Gasteiger partial charge in [0, 0.05) is 6.07 Å². The molecule has 0 bridgehead atoms. The van der Waals surface area contributed by atoms with Crippen molar-refractivity contribution in [3.63, 3.8) is 0 Å². The van der Waals surface area contributed by atoms with Crippen LogP contribution in [0.5, 0.6) is 0 Å². The van der Waals surface area contributed by atoms with Crippen LogP contribution in [0, 0.1) is 6.92 Å². The molecule has 1 aromatic heterocycles. The Bertz CT molecular complexity index is 402. The highest BCUT2D eigenvalue weighted by molar-refractivity contribution is 5.93. The van der Waals surface area contributed by atoms with Crippen molar-refractivity contribution in [3.05, 3.63) is 11.8 Å².